The molecule has 2 heterocycles. The molecule has 2 aromatic heterocycles. The van der Waals surface area contributed by atoms with Crippen LogP contribution in [-0.2, 0) is 12.8 Å². The average molecular weight is 365 g/mol. The van der Waals surface area contributed by atoms with E-state index in [1.54, 1.807) is 0 Å². The van der Waals surface area contributed by atoms with E-state index in [9.17, 15) is 23.1 Å². The fourth-order valence-corrected chi connectivity index (χ4v) is 2.43. The normalized spacial score (nSPS) is 11.9. The van der Waals surface area contributed by atoms with Gasteiger partial charge in [0.15, 0.2) is 11.3 Å². The van der Waals surface area contributed by atoms with Gasteiger partial charge in [-0.15, -0.1) is 0 Å². The summed E-state index contributed by atoms with van der Waals surface area (Å²) in [5.74, 6) is -1.22. The monoisotopic (exact) mass is 364 g/mol. The van der Waals surface area contributed by atoms with Crippen LogP contribution in [0.4, 0.5) is 19.0 Å². The summed E-state index contributed by atoms with van der Waals surface area (Å²) in [7, 11) is 0. The molecule has 1 amide bonds. The highest BCUT2D eigenvalue weighted by atomic mass is 79.9. The molecule has 0 saturated heterocycles. The maximum atomic E-state index is 12.9. The number of nitrogen functional groups attached to an aromatic ring is 1. The van der Waals surface area contributed by atoms with Crippen LogP contribution in [0.2, 0.25) is 0 Å². The first-order valence-corrected chi connectivity index (χ1v) is 6.22. The lowest BCUT2D eigenvalue weighted by Crippen LogP contribution is -2.16. The molecule has 2 aromatic rings. The summed E-state index contributed by atoms with van der Waals surface area (Å²) in [6.07, 6.45) is -4.74. The number of rotatable bonds is 2. The highest BCUT2D eigenvalue weighted by molar-refractivity contribution is 9.10. The molecule has 0 aliphatic carbocycles. The number of fused-ring (bicyclic) bond motifs is 1. The summed E-state index contributed by atoms with van der Waals surface area (Å²) in [5.41, 5.74) is 8.73. The van der Waals surface area contributed by atoms with Gasteiger partial charge >= 0.3 is 6.18 Å². The molecule has 0 aliphatic rings. The lowest BCUT2D eigenvalue weighted by atomic mass is 10.1. The van der Waals surface area contributed by atoms with Crippen LogP contribution in [-0.4, -0.2) is 21.0 Å². The molecule has 0 radical (unpaired) electrons. The van der Waals surface area contributed by atoms with Crippen molar-refractivity contribution in [3.8, 4) is 0 Å². The van der Waals surface area contributed by atoms with Gasteiger partial charge in [-0.05, 0) is 22.0 Å². The number of amides is 1. The number of anilines is 1. The number of nitrogens with zero attached hydrogens (tertiary/aromatic N) is 2. The second kappa shape index (κ2) is 5.11. The predicted octanol–water partition coefficient (Wildman–Crippen LogP) is 1.58. The lowest BCUT2D eigenvalue weighted by molar-refractivity contribution is -0.141. The molecule has 112 valence electrons. The Kier molecular flexibility index (Phi) is 3.76. The SMILES string of the molecule is NC(=O)c1cc2c(CO)c(Br)c(C(F)(F)F)nc2nc1N. The number of carbonyl (C=O) groups is 1. The molecular weight excluding hydrogens is 357 g/mol. The van der Waals surface area contributed by atoms with E-state index in [4.69, 9.17) is 11.5 Å². The Morgan fingerprint density at radius 2 is 2.00 bits per heavy atom. The fourth-order valence-electron chi connectivity index (χ4n) is 1.78. The zero-order valence-corrected chi connectivity index (χ0v) is 11.8. The van der Waals surface area contributed by atoms with Crippen molar-refractivity contribution in [3.63, 3.8) is 0 Å². The number of aliphatic hydroxyl groups is 1. The molecule has 6 nitrogen and oxygen atoms in total. The molecule has 0 bridgehead atoms. The molecule has 0 fully saturated rings. The van der Waals surface area contributed by atoms with E-state index >= 15 is 0 Å². The van der Waals surface area contributed by atoms with E-state index in [2.05, 4.69) is 25.9 Å². The summed E-state index contributed by atoms with van der Waals surface area (Å²) < 4.78 is 38.3. The predicted molar refractivity (Wildman–Crippen MR) is 71.1 cm³/mol. The first-order chi connectivity index (χ1) is 9.66. The minimum atomic E-state index is -4.74. The van der Waals surface area contributed by atoms with Gasteiger partial charge in [0.05, 0.1) is 16.6 Å². The molecule has 21 heavy (non-hydrogen) atoms. The second-order valence-electron chi connectivity index (χ2n) is 4.07. The third-order valence-electron chi connectivity index (χ3n) is 2.74. The molecule has 0 saturated carbocycles. The van der Waals surface area contributed by atoms with Crippen LogP contribution in [0.25, 0.3) is 11.0 Å². The van der Waals surface area contributed by atoms with E-state index in [-0.39, 0.29) is 28.0 Å². The first kappa shape index (κ1) is 15.4. The molecule has 0 aliphatic heterocycles. The molecular formula is C11H8BrF3N4O2. The Morgan fingerprint density at radius 3 is 2.48 bits per heavy atom. The third kappa shape index (κ3) is 2.63. The van der Waals surface area contributed by atoms with Gasteiger partial charge in [0.1, 0.15) is 5.82 Å². The number of primary amides is 1. The molecule has 0 spiro atoms. The van der Waals surface area contributed by atoms with E-state index in [0.717, 1.165) is 6.07 Å². The summed E-state index contributed by atoms with van der Waals surface area (Å²) >= 11 is 2.76. The maximum Gasteiger partial charge on any atom is 0.434 e. The largest absolute Gasteiger partial charge is 0.434 e. The number of carbonyl (C=O) groups excluding carboxylic acids is 1. The molecule has 2 rings (SSSR count). The highest BCUT2D eigenvalue weighted by Crippen LogP contribution is 2.38. The van der Waals surface area contributed by atoms with Crippen molar-refractivity contribution in [2.45, 2.75) is 12.8 Å². The van der Waals surface area contributed by atoms with Crippen molar-refractivity contribution >= 4 is 38.7 Å². The molecule has 0 atom stereocenters. The quantitative estimate of drug-likeness (QED) is 0.748. The van der Waals surface area contributed by atoms with Crippen LogP contribution in [0, 0.1) is 0 Å². The van der Waals surface area contributed by atoms with Crippen LogP contribution in [0.1, 0.15) is 21.6 Å². The van der Waals surface area contributed by atoms with E-state index in [0.29, 0.717) is 0 Å². The Hall–Kier alpha value is -1.94. The van der Waals surface area contributed by atoms with Gasteiger partial charge in [-0.3, -0.25) is 4.79 Å². The Balaban J connectivity index is 2.91. The number of aliphatic hydroxyl groups excluding tert-OH is 1. The van der Waals surface area contributed by atoms with Gasteiger partial charge in [-0.1, -0.05) is 0 Å². The third-order valence-corrected chi connectivity index (χ3v) is 3.59. The van der Waals surface area contributed by atoms with Gasteiger partial charge < -0.3 is 16.6 Å². The maximum absolute atomic E-state index is 12.9. The van der Waals surface area contributed by atoms with Gasteiger partial charge in [0.2, 0.25) is 0 Å². The van der Waals surface area contributed by atoms with E-state index < -0.39 is 28.9 Å². The van der Waals surface area contributed by atoms with Crippen LogP contribution in [0.15, 0.2) is 10.5 Å². The molecule has 0 aromatic carbocycles. The van der Waals surface area contributed by atoms with Gasteiger partial charge in [0.25, 0.3) is 5.91 Å². The zero-order valence-electron chi connectivity index (χ0n) is 10.2. The number of hydrogen-bond acceptors (Lipinski definition) is 5. The van der Waals surface area contributed by atoms with Crippen molar-refractivity contribution in [2.24, 2.45) is 5.73 Å². The summed E-state index contributed by atoms with van der Waals surface area (Å²) in [4.78, 5) is 18.2. The summed E-state index contributed by atoms with van der Waals surface area (Å²) in [6.45, 7) is -0.716. The summed E-state index contributed by atoms with van der Waals surface area (Å²) in [5, 5.41) is 9.36. The average Bonchev–Trinajstić information content (AvgIpc) is 2.36. The van der Waals surface area contributed by atoms with Crippen LogP contribution in [0.5, 0.6) is 0 Å². The molecule has 0 unspecified atom stereocenters. The van der Waals surface area contributed by atoms with E-state index in [1.807, 2.05) is 0 Å². The van der Waals surface area contributed by atoms with Crippen molar-refractivity contribution in [1.29, 1.82) is 0 Å². The number of nitrogens with two attached hydrogens (primary N) is 2. The second-order valence-corrected chi connectivity index (χ2v) is 4.86. The number of pyridine rings is 2. The fraction of sp³-hybridized carbons (Fsp3) is 0.182. The van der Waals surface area contributed by atoms with E-state index in [1.165, 1.54) is 0 Å². The minimum Gasteiger partial charge on any atom is -0.392 e. The minimum absolute atomic E-state index is 0.0559. The van der Waals surface area contributed by atoms with Crippen molar-refractivity contribution < 1.29 is 23.1 Å². The highest BCUT2D eigenvalue weighted by Gasteiger charge is 2.37. The van der Waals surface area contributed by atoms with Crippen molar-refractivity contribution in [1.82, 2.24) is 9.97 Å². The number of alkyl halides is 3. The van der Waals surface area contributed by atoms with Crippen molar-refractivity contribution in [3.05, 3.63) is 27.4 Å². The van der Waals surface area contributed by atoms with Crippen molar-refractivity contribution in [2.75, 3.05) is 5.73 Å². The van der Waals surface area contributed by atoms with Crippen LogP contribution >= 0.6 is 15.9 Å². The lowest BCUT2D eigenvalue weighted by Gasteiger charge is -2.14. The standard InChI is InChI=1S/C11H8BrF3N4O2/c12-6-5(2-20)3-1-4(9(17)21)8(16)19-10(3)18-7(6)11(13,14)15/h1,20H,2H2,(H2,17,21)(H2,16,18,19). The number of halogens is 4. The summed E-state index contributed by atoms with van der Waals surface area (Å²) in [6, 6.07) is 1.16. The number of aromatic nitrogens is 2. The Labute approximate surface area is 124 Å². The first-order valence-electron chi connectivity index (χ1n) is 5.43. The van der Waals surface area contributed by atoms with Gasteiger partial charge in [-0.25, -0.2) is 9.97 Å². The topological polar surface area (TPSA) is 115 Å². The number of hydrogen-bond donors (Lipinski definition) is 3. The van der Waals surface area contributed by atoms with Gasteiger partial charge in [0, 0.05) is 10.9 Å². The van der Waals surface area contributed by atoms with Crippen LogP contribution < -0.4 is 11.5 Å². The Bertz CT molecular complexity index is 749. The van der Waals surface area contributed by atoms with Crippen LogP contribution in [0.3, 0.4) is 0 Å². The molecule has 5 N–H and O–H groups in total. The molecule has 10 heteroatoms. The smallest absolute Gasteiger partial charge is 0.392 e. The van der Waals surface area contributed by atoms with Gasteiger partial charge in [-0.2, -0.15) is 13.2 Å². The zero-order chi connectivity index (χ0) is 15.9. The Morgan fingerprint density at radius 1 is 1.38 bits per heavy atom.